The Bertz CT molecular complexity index is 1340. The number of aryl methyl sites for hydroxylation is 1. The fraction of sp³-hybridized carbons (Fsp3) is 0.120. The molecule has 4 rings (SSSR count). The Kier molecular flexibility index (Phi) is 6.95. The van der Waals surface area contributed by atoms with Gasteiger partial charge in [-0.25, -0.2) is 9.79 Å². The summed E-state index contributed by atoms with van der Waals surface area (Å²) in [7, 11) is 0. The molecule has 1 heterocycles. The first-order valence-electron chi connectivity index (χ1n) is 10.2. The van der Waals surface area contributed by atoms with Crippen molar-refractivity contribution in [1.29, 1.82) is 0 Å². The molecule has 0 aliphatic carbocycles. The number of aliphatic imine (C=N–C) groups is 1. The van der Waals surface area contributed by atoms with Gasteiger partial charge in [-0.3, -0.25) is 10.1 Å². The van der Waals surface area contributed by atoms with Crippen molar-refractivity contribution >= 4 is 55.5 Å². The number of ether oxygens (including phenoxy) is 2. The Morgan fingerprint density at radius 2 is 1.76 bits per heavy atom. The van der Waals surface area contributed by atoms with Crippen LogP contribution in [0.3, 0.4) is 0 Å². The second kappa shape index (κ2) is 9.90. The van der Waals surface area contributed by atoms with E-state index >= 15 is 0 Å². The molecule has 0 amide bonds. The van der Waals surface area contributed by atoms with E-state index in [0.29, 0.717) is 38.0 Å². The molecular weight excluding hydrogens is 568 g/mol. The summed E-state index contributed by atoms with van der Waals surface area (Å²) in [5.41, 5.74) is 3.71. The highest BCUT2D eigenvalue weighted by Crippen LogP contribution is 2.36. The molecule has 0 spiro atoms. The number of nitro benzene ring substituents is 1. The van der Waals surface area contributed by atoms with Crippen LogP contribution in [0.5, 0.6) is 5.75 Å². The zero-order valence-corrected chi connectivity index (χ0v) is 21.3. The van der Waals surface area contributed by atoms with Crippen molar-refractivity contribution < 1.29 is 19.2 Å². The first-order valence-corrected chi connectivity index (χ1v) is 11.8. The number of benzene rings is 3. The van der Waals surface area contributed by atoms with E-state index < -0.39 is 10.9 Å². The molecule has 3 aromatic carbocycles. The highest BCUT2D eigenvalue weighted by molar-refractivity contribution is 9.11. The minimum atomic E-state index is -0.632. The third kappa shape index (κ3) is 5.10. The van der Waals surface area contributed by atoms with Gasteiger partial charge in [0, 0.05) is 17.2 Å². The van der Waals surface area contributed by atoms with E-state index in [0.717, 1.165) is 5.56 Å². The fourth-order valence-electron chi connectivity index (χ4n) is 3.38. The smallest absolute Gasteiger partial charge is 0.363 e. The summed E-state index contributed by atoms with van der Waals surface area (Å²) in [5, 5.41) is 11.2. The van der Waals surface area contributed by atoms with Crippen LogP contribution in [0.25, 0.3) is 6.08 Å². The van der Waals surface area contributed by atoms with Crippen molar-refractivity contribution in [2.75, 3.05) is 0 Å². The van der Waals surface area contributed by atoms with E-state index in [1.807, 2.05) is 43.3 Å². The van der Waals surface area contributed by atoms with Gasteiger partial charge in [-0.1, -0.05) is 35.9 Å². The predicted molar refractivity (Wildman–Crippen MR) is 136 cm³/mol. The number of carbonyl (C=O) groups excluding carboxylic acids is 1. The molecule has 0 saturated carbocycles. The number of cyclic esters (lactones) is 1. The molecular formula is C25H18Br2N2O5. The van der Waals surface area contributed by atoms with Crippen molar-refractivity contribution in [3.63, 3.8) is 0 Å². The Morgan fingerprint density at radius 3 is 2.41 bits per heavy atom. The zero-order valence-electron chi connectivity index (χ0n) is 18.2. The molecule has 34 heavy (non-hydrogen) atoms. The maximum atomic E-state index is 12.4. The lowest BCUT2D eigenvalue weighted by Crippen LogP contribution is -2.08. The monoisotopic (exact) mass is 584 g/mol. The van der Waals surface area contributed by atoms with Crippen LogP contribution in [0.4, 0.5) is 5.69 Å². The molecule has 0 N–H and O–H groups in total. The van der Waals surface area contributed by atoms with Gasteiger partial charge in [-0.2, -0.15) is 0 Å². The van der Waals surface area contributed by atoms with Gasteiger partial charge in [-0.05, 0) is 81.1 Å². The molecule has 1 aliphatic rings. The van der Waals surface area contributed by atoms with Crippen LogP contribution in [-0.4, -0.2) is 16.8 Å². The maximum Gasteiger partial charge on any atom is 0.363 e. The molecule has 0 fully saturated rings. The number of rotatable bonds is 6. The normalized spacial score (nSPS) is 14.2. The largest absolute Gasteiger partial charge is 0.487 e. The van der Waals surface area contributed by atoms with Gasteiger partial charge in [0.15, 0.2) is 5.70 Å². The third-order valence-corrected chi connectivity index (χ3v) is 6.36. The first kappa shape index (κ1) is 23.8. The average molecular weight is 586 g/mol. The number of hydrogen-bond donors (Lipinski definition) is 0. The Morgan fingerprint density at radius 1 is 1.09 bits per heavy atom. The standard InChI is InChI=1S/C25H18Br2N2O5/c1-14-6-8-16(9-7-14)13-33-23-19(26)10-17(11-20(23)27)12-21-25(30)34-24(28-21)18-4-3-5-22(15(18)2)29(31)32/h3-12H,13H2,1-2H3/b21-12-. The number of nitro groups is 1. The quantitative estimate of drug-likeness (QED) is 0.140. The Labute approximate surface area is 212 Å². The molecule has 0 radical (unpaired) electrons. The van der Waals surface area contributed by atoms with E-state index in [4.69, 9.17) is 9.47 Å². The van der Waals surface area contributed by atoms with Crippen LogP contribution in [0.2, 0.25) is 0 Å². The van der Waals surface area contributed by atoms with Gasteiger partial charge in [0.25, 0.3) is 5.69 Å². The maximum absolute atomic E-state index is 12.4. The van der Waals surface area contributed by atoms with Gasteiger partial charge >= 0.3 is 5.97 Å². The van der Waals surface area contributed by atoms with Gasteiger partial charge in [0.2, 0.25) is 5.90 Å². The summed E-state index contributed by atoms with van der Waals surface area (Å²) >= 11 is 7.05. The second-order valence-corrected chi connectivity index (χ2v) is 9.34. The van der Waals surface area contributed by atoms with Crippen LogP contribution in [-0.2, 0) is 16.1 Å². The Balaban J connectivity index is 1.58. The molecule has 0 unspecified atom stereocenters. The lowest BCUT2D eigenvalue weighted by molar-refractivity contribution is -0.385. The van der Waals surface area contributed by atoms with E-state index in [-0.39, 0.29) is 17.3 Å². The lowest BCUT2D eigenvalue weighted by atomic mass is 10.1. The second-order valence-electron chi connectivity index (χ2n) is 7.63. The molecule has 172 valence electrons. The van der Waals surface area contributed by atoms with Crippen molar-refractivity contribution in [2.24, 2.45) is 4.99 Å². The number of halogens is 2. The summed E-state index contributed by atoms with van der Waals surface area (Å²) in [6.45, 7) is 4.03. The molecule has 9 heteroatoms. The van der Waals surface area contributed by atoms with Crippen molar-refractivity contribution in [1.82, 2.24) is 0 Å². The summed E-state index contributed by atoms with van der Waals surface area (Å²) in [6, 6.07) is 16.3. The van der Waals surface area contributed by atoms with Gasteiger partial charge < -0.3 is 9.47 Å². The fourth-order valence-corrected chi connectivity index (χ4v) is 4.83. The number of carbonyl (C=O) groups is 1. The van der Waals surface area contributed by atoms with Crippen LogP contribution < -0.4 is 4.74 Å². The lowest BCUT2D eigenvalue weighted by Gasteiger charge is -2.11. The third-order valence-electron chi connectivity index (χ3n) is 5.18. The van der Waals surface area contributed by atoms with Crippen molar-refractivity contribution in [3.05, 3.63) is 107 Å². The molecule has 3 aromatic rings. The first-order chi connectivity index (χ1) is 16.2. The highest BCUT2D eigenvalue weighted by Gasteiger charge is 2.27. The SMILES string of the molecule is Cc1ccc(COc2c(Br)cc(/C=C3\N=C(c4cccc([N+](=O)[O-])c4C)OC3=O)cc2Br)cc1. The van der Waals surface area contributed by atoms with Crippen LogP contribution in [0, 0.1) is 24.0 Å². The number of hydrogen-bond acceptors (Lipinski definition) is 6. The van der Waals surface area contributed by atoms with Crippen LogP contribution in [0.15, 0.2) is 74.2 Å². The van der Waals surface area contributed by atoms with Gasteiger partial charge in [0.1, 0.15) is 12.4 Å². The van der Waals surface area contributed by atoms with Crippen molar-refractivity contribution in [2.45, 2.75) is 20.5 Å². The van der Waals surface area contributed by atoms with Gasteiger partial charge in [0.05, 0.1) is 13.9 Å². The Hall–Kier alpha value is -3.30. The molecule has 0 saturated heterocycles. The van der Waals surface area contributed by atoms with E-state index in [9.17, 15) is 14.9 Å². The van der Waals surface area contributed by atoms with Gasteiger partial charge in [-0.15, -0.1) is 0 Å². The number of esters is 1. The van der Waals surface area contributed by atoms with Crippen molar-refractivity contribution in [3.8, 4) is 5.75 Å². The summed E-state index contributed by atoms with van der Waals surface area (Å²) in [5.74, 6) is 0.0367. The summed E-state index contributed by atoms with van der Waals surface area (Å²) in [6.07, 6.45) is 1.58. The summed E-state index contributed by atoms with van der Waals surface area (Å²) in [4.78, 5) is 27.4. The molecule has 7 nitrogen and oxygen atoms in total. The average Bonchev–Trinajstić information content (AvgIpc) is 3.14. The predicted octanol–water partition coefficient (Wildman–Crippen LogP) is 6.66. The highest BCUT2D eigenvalue weighted by atomic mass is 79.9. The van der Waals surface area contributed by atoms with E-state index in [2.05, 4.69) is 36.9 Å². The molecule has 0 atom stereocenters. The minimum Gasteiger partial charge on any atom is -0.487 e. The summed E-state index contributed by atoms with van der Waals surface area (Å²) < 4.78 is 12.7. The number of nitrogens with zero attached hydrogens (tertiary/aromatic N) is 2. The van der Waals surface area contributed by atoms with E-state index in [1.54, 1.807) is 19.1 Å². The minimum absolute atomic E-state index is 0.0358. The molecule has 0 aromatic heterocycles. The van der Waals surface area contributed by atoms with E-state index in [1.165, 1.54) is 17.7 Å². The molecule has 0 bridgehead atoms. The van der Waals surface area contributed by atoms with Crippen LogP contribution in [0.1, 0.15) is 27.8 Å². The molecule has 1 aliphatic heterocycles. The van der Waals surface area contributed by atoms with Crippen LogP contribution >= 0.6 is 31.9 Å². The topological polar surface area (TPSA) is 91.0 Å². The zero-order chi connectivity index (χ0) is 24.4.